The van der Waals surface area contributed by atoms with Crippen LogP contribution in [0.1, 0.15) is 34.1 Å². The number of amides is 1. The van der Waals surface area contributed by atoms with Gasteiger partial charge in [0.2, 0.25) is 0 Å². The number of aromatic nitrogens is 1. The van der Waals surface area contributed by atoms with Crippen molar-refractivity contribution < 1.29 is 19.2 Å². The second kappa shape index (κ2) is 9.33. The Labute approximate surface area is 190 Å². The van der Waals surface area contributed by atoms with Gasteiger partial charge in [0.15, 0.2) is 6.61 Å². The fourth-order valence-corrected chi connectivity index (χ4v) is 4.00. The number of non-ortho nitro benzene ring substituents is 1. The van der Waals surface area contributed by atoms with Gasteiger partial charge in [0.25, 0.3) is 11.6 Å². The Hall–Kier alpha value is -3.85. The second-order valence-corrected chi connectivity index (χ2v) is 7.93. The second-order valence-electron chi connectivity index (χ2n) is 7.93. The SMILES string of the molecule is CCN1CCc2nc3ccccc3c(C(=O)OCC(=O)Nc3cc([N+](=O)[O-])ccc3C)c2C1. The number of para-hydroxylation sites is 1. The number of rotatable bonds is 6. The van der Waals surface area contributed by atoms with Crippen molar-refractivity contribution in [3.8, 4) is 0 Å². The van der Waals surface area contributed by atoms with Gasteiger partial charge in [0.05, 0.1) is 21.7 Å². The van der Waals surface area contributed by atoms with Crippen LogP contribution in [0.2, 0.25) is 0 Å². The Kier molecular flexibility index (Phi) is 6.32. The number of carbonyl (C=O) groups excluding carboxylic acids is 2. The zero-order valence-corrected chi connectivity index (χ0v) is 18.5. The number of esters is 1. The van der Waals surface area contributed by atoms with E-state index in [0.29, 0.717) is 34.3 Å². The molecule has 0 atom stereocenters. The summed E-state index contributed by atoms with van der Waals surface area (Å²) >= 11 is 0. The smallest absolute Gasteiger partial charge is 0.339 e. The fourth-order valence-electron chi connectivity index (χ4n) is 4.00. The molecule has 1 aromatic heterocycles. The Balaban J connectivity index is 1.56. The summed E-state index contributed by atoms with van der Waals surface area (Å²) in [7, 11) is 0. The highest BCUT2D eigenvalue weighted by molar-refractivity contribution is 6.06. The lowest BCUT2D eigenvalue weighted by molar-refractivity contribution is -0.384. The average Bonchev–Trinajstić information content (AvgIpc) is 2.81. The third-order valence-corrected chi connectivity index (χ3v) is 5.82. The lowest BCUT2D eigenvalue weighted by Crippen LogP contribution is -2.32. The number of likely N-dealkylation sites (N-methyl/N-ethyl adjacent to an activating group) is 1. The van der Waals surface area contributed by atoms with E-state index in [1.54, 1.807) is 13.0 Å². The third kappa shape index (κ3) is 4.68. The van der Waals surface area contributed by atoms with Gasteiger partial charge in [0.1, 0.15) is 0 Å². The van der Waals surface area contributed by atoms with Crippen LogP contribution >= 0.6 is 0 Å². The molecule has 1 aliphatic rings. The summed E-state index contributed by atoms with van der Waals surface area (Å²) in [6.07, 6.45) is 0.737. The summed E-state index contributed by atoms with van der Waals surface area (Å²) in [5.41, 5.74) is 3.69. The van der Waals surface area contributed by atoms with Gasteiger partial charge < -0.3 is 10.1 Å². The molecule has 33 heavy (non-hydrogen) atoms. The van der Waals surface area contributed by atoms with Crippen molar-refractivity contribution in [1.82, 2.24) is 9.88 Å². The molecule has 1 amide bonds. The van der Waals surface area contributed by atoms with Crippen LogP contribution in [0.15, 0.2) is 42.5 Å². The van der Waals surface area contributed by atoms with Crippen molar-refractivity contribution >= 4 is 34.2 Å². The molecule has 0 saturated carbocycles. The molecule has 0 aliphatic carbocycles. The lowest BCUT2D eigenvalue weighted by Gasteiger charge is -2.28. The number of fused-ring (bicyclic) bond motifs is 2. The maximum atomic E-state index is 13.2. The van der Waals surface area contributed by atoms with E-state index < -0.39 is 23.4 Å². The van der Waals surface area contributed by atoms with Gasteiger partial charge >= 0.3 is 5.97 Å². The summed E-state index contributed by atoms with van der Waals surface area (Å²) in [6.45, 7) is 5.59. The molecule has 0 spiro atoms. The predicted octanol–water partition coefficient (Wildman–Crippen LogP) is 3.62. The van der Waals surface area contributed by atoms with Crippen LogP contribution in [0.3, 0.4) is 0 Å². The van der Waals surface area contributed by atoms with Crippen molar-refractivity contribution in [1.29, 1.82) is 0 Å². The summed E-state index contributed by atoms with van der Waals surface area (Å²) in [4.78, 5) is 43.1. The average molecular weight is 448 g/mol. The van der Waals surface area contributed by atoms with Gasteiger partial charge in [-0.3, -0.25) is 24.8 Å². The van der Waals surface area contributed by atoms with E-state index in [0.717, 1.165) is 30.8 Å². The van der Waals surface area contributed by atoms with E-state index in [1.165, 1.54) is 12.1 Å². The maximum absolute atomic E-state index is 13.2. The van der Waals surface area contributed by atoms with Crippen LogP contribution in [0.25, 0.3) is 10.9 Å². The van der Waals surface area contributed by atoms with Crippen molar-refractivity contribution in [3.63, 3.8) is 0 Å². The number of carbonyl (C=O) groups is 2. The van der Waals surface area contributed by atoms with Crippen LogP contribution in [-0.4, -0.2) is 46.4 Å². The number of hydrogen-bond acceptors (Lipinski definition) is 7. The highest BCUT2D eigenvalue weighted by Gasteiger charge is 2.26. The molecule has 2 aromatic carbocycles. The van der Waals surface area contributed by atoms with Crippen LogP contribution < -0.4 is 5.32 Å². The topological polar surface area (TPSA) is 115 Å². The highest BCUT2D eigenvalue weighted by Crippen LogP contribution is 2.29. The first-order chi connectivity index (χ1) is 15.9. The third-order valence-electron chi connectivity index (χ3n) is 5.82. The van der Waals surface area contributed by atoms with Crippen LogP contribution in [0.5, 0.6) is 0 Å². The van der Waals surface area contributed by atoms with Crippen molar-refractivity contribution in [3.05, 3.63) is 75.0 Å². The Morgan fingerprint density at radius 1 is 1.24 bits per heavy atom. The first-order valence-corrected chi connectivity index (χ1v) is 10.7. The number of nitro groups is 1. The predicted molar refractivity (Wildman–Crippen MR) is 123 cm³/mol. The van der Waals surface area contributed by atoms with Crippen LogP contribution in [0, 0.1) is 17.0 Å². The monoisotopic (exact) mass is 448 g/mol. The van der Waals surface area contributed by atoms with Crippen molar-refractivity contribution in [2.24, 2.45) is 0 Å². The molecule has 1 aliphatic heterocycles. The minimum absolute atomic E-state index is 0.136. The Bertz CT molecular complexity index is 1260. The number of hydrogen-bond donors (Lipinski definition) is 1. The molecular weight excluding hydrogens is 424 g/mol. The first kappa shape index (κ1) is 22.3. The fraction of sp³-hybridized carbons (Fsp3) is 0.292. The van der Waals surface area contributed by atoms with E-state index in [1.807, 2.05) is 24.3 Å². The number of nitrogens with zero attached hydrogens (tertiary/aromatic N) is 3. The number of nitrogens with one attached hydrogen (secondary N) is 1. The van der Waals surface area contributed by atoms with Gasteiger partial charge in [-0.15, -0.1) is 0 Å². The Morgan fingerprint density at radius 3 is 2.79 bits per heavy atom. The molecule has 0 unspecified atom stereocenters. The normalized spacial score (nSPS) is 13.4. The number of pyridine rings is 1. The van der Waals surface area contributed by atoms with Crippen LogP contribution in [0.4, 0.5) is 11.4 Å². The summed E-state index contributed by atoms with van der Waals surface area (Å²) in [5.74, 6) is -1.16. The van der Waals surface area contributed by atoms with Gasteiger partial charge in [0, 0.05) is 48.3 Å². The maximum Gasteiger partial charge on any atom is 0.339 e. The molecule has 9 nitrogen and oxygen atoms in total. The van der Waals surface area contributed by atoms with Gasteiger partial charge in [-0.2, -0.15) is 0 Å². The van der Waals surface area contributed by atoms with Gasteiger partial charge in [-0.1, -0.05) is 31.2 Å². The zero-order chi connectivity index (χ0) is 23.5. The Morgan fingerprint density at radius 2 is 2.03 bits per heavy atom. The molecule has 0 bridgehead atoms. The molecule has 0 radical (unpaired) electrons. The molecule has 0 saturated heterocycles. The quantitative estimate of drug-likeness (QED) is 0.348. The van der Waals surface area contributed by atoms with E-state index in [-0.39, 0.29) is 5.69 Å². The number of nitro benzene ring substituents is 1. The largest absolute Gasteiger partial charge is 0.452 e. The highest BCUT2D eigenvalue weighted by atomic mass is 16.6. The summed E-state index contributed by atoms with van der Waals surface area (Å²) in [6, 6.07) is 11.6. The van der Waals surface area contributed by atoms with Crippen LogP contribution in [-0.2, 0) is 22.5 Å². The van der Waals surface area contributed by atoms with E-state index >= 15 is 0 Å². The standard InChI is InChI=1S/C24H24N4O5/c1-3-27-11-10-20-18(13-27)23(17-6-4-5-7-19(17)25-20)24(30)33-14-22(29)26-21-12-16(28(31)32)9-8-15(21)2/h4-9,12H,3,10-11,13-14H2,1-2H3,(H,26,29). The molecule has 4 rings (SSSR count). The molecule has 170 valence electrons. The zero-order valence-electron chi connectivity index (χ0n) is 18.5. The molecule has 2 heterocycles. The number of aryl methyl sites for hydroxylation is 1. The van der Waals surface area contributed by atoms with Crippen molar-refractivity contribution in [2.75, 3.05) is 25.0 Å². The molecule has 9 heteroatoms. The number of ether oxygens (including phenoxy) is 1. The van der Waals surface area contributed by atoms with Gasteiger partial charge in [-0.05, 0) is 25.1 Å². The number of benzene rings is 2. The van der Waals surface area contributed by atoms with E-state index in [9.17, 15) is 19.7 Å². The number of anilines is 1. The minimum Gasteiger partial charge on any atom is -0.452 e. The summed E-state index contributed by atoms with van der Waals surface area (Å²) < 4.78 is 5.39. The first-order valence-electron chi connectivity index (χ1n) is 10.7. The van der Waals surface area contributed by atoms with E-state index in [2.05, 4.69) is 17.1 Å². The summed E-state index contributed by atoms with van der Waals surface area (Å²) in [5, 5.41) is 14.3. The molecule has 0 fully saturated rings. The van der Waals surface area contributed by atoms with Gasteiger partial charge in [-0.25, -0.2) is 4.79 Å². The molecule has 3 aromatic rings. The molecule has 1 N–H and O–H groups in total. The molecular formula is C24H24N4O5. The lowest BCUT2D eigenvalue weighted by atomic mass is 9.96. The van der Waals surface area contributed by atoms with E-state index in [4.69, 9.17) is 9.72 Å². The minimum atomic E-state index is -0.589. The van der Waals surface area contributed by atoms with Crippen molar-refractivity contribution in [2.45, 2.75) is 26.8 Å².